The van der Waals surface area contributed by atoms with Crippen molar-refractivity contribution in [3.8, 4) is 5.75 Å². The number of likely N-dealkylation sites (N-methyl/N-ethyl adjacent to an activating group) is 1. The van der Waals surface area contributed by atoms with Crippen LogP contribution in [0.4, 0.5) is 4.39 Å². The van der Waals surface area contributed by atoms with E-state index in [4.69, 9.17) is 0 Å². The number of allylic oxidation sites excluding steroid dienone is 4. The van der Waals surface area contributed by atoms with Gasteiger partial charge in [-0.3, -0.25) is 14.6 Å². The lowest BCUT2D eigenvalue weighted by Gasteiger charge is -2.53. The Kier molecular flexibility index (Phi) is 9.21. The summed E-state index contributed by atoms with van der Waals surface area (Å²) in [6.45, 7) is 3.38. The van der Waals surface area contributed by atoms with Crippen LogP contribution in [-0.2, 0) is 22.6 Å². The molecule has 2 bridgehead atoms. The smallest absolute Gasteiger partial charge is 0.240 e. The molecule has 3 atom stereocenters. The monoisotopic (exact) mass is 621 g/mol. The van der Waals surface area contributed by atoms with Gasteiger partial charge in [-0.05, 0) is 71.9 Å². The summed E-state index contributed by atoms with van der Waals surface area (Å²) in [5, 5.41) is 17.5. The summed E-state index contributed by atoms with van der Waals surface area (Å²) in [4.78, 5) is 30.4. The van der Waals surface area contributed by atoms with E-state index in [1.807, 2.05) is 54.2 Å². The van der Waals surface area contributed by atoms with Gasteiger partial charge in [-0.2, -0.15) is 0 Å². The van der Waals surface area contributed by atoms with E-state index in [0.29, 0.717) is 25.9 Å². The van der Waals surface area contributed by atoms with E-state index < -0.39 is 6.17 Å². The fourth-order valence-electron chi connectivity index (χ4n) is 6.80. The number of aromatic hydroxyl groups is 1. The molecule has 1 fully saturated rings. The molecule has 3 aromatic rings. The zero-order valence-corrected chi connectivity index (χ0v) is 26.2. The second kappa shape index (κ2) is 13.6. The number of nitrogens with one attached hydrogen (secondary N) is 1. The lowest BCUT2D eigenvalue weighted by molar-refractivity contribution is -0.176. The zero-order valence-electron chi connectivity index (χ0n) is 26.2. The van der Waals surface area contributed by atoms with Gasteiger partial charge in [0.2, 0.25) is 12.3 Å². The molecule has 2 amide bonds. The van der Waals surface area contributed by atoms with Crippen LogP contribution in [0.25, 0.3) is 0 Å². The second-order valence-corrected chi connectivity index (χ2v) is 12.3. The largest absolute Gasteiger partial charge is 0.508 e. The number of carbonyl (C=O) groups excluding carboxylic acids is 2. The van der Waals surface area contributed by atoms with Gasteiger partial charge in [-0.1, -0.05) is 72.8 Å². The van der Waals surface area contributed by atoms with Crippen LogP contribution in [0.3, 0.4) is 0 Å². The number of phenols is 1. The van der Waals surface area contributed by atoms with Crippen LogP contribution in [0, 0.1) is 5.82 Å². The van der Waals surface area contributed by atoms with Gasteiger partial charge in [0.15, 0.2) is 0 Å². The lowest BCUT2D eigenvalue weighted by atomic mass is 9.85. The Morgan fingerprint density at radius 3 is 2.43 bits per heavy atom. The van der Waals surface area contributed by atoms with E-state index in [-0.39, 0.29) is 42.5 Å². The van der Waals surface area contributed by atoms with E-state index in [1.54, 1.807) is 29.2 Å². The normalized spacial score (nSPS) is 22.6. The minimum atomic E-state index is -0.510. The van der Waals surface area contributed by atoms with Crippen molar-refractivity contribution in [2.45, 2.75) is 44.4 Å². The minimum Gasteiger partial charge on any atom is -0.508 e. The molecule has 9 heteroatoms. The first-order valence-electron chi connectivity index (χ1n) is 15.7. The van der Waals surface area contributed by atoms with Gasteiger partial charge in [0, 0.05) is 32.1 Å². The van der Waals surface area contributed by atoms with E-state index in [2.05, 4.69) is 40.7 Å². The maximum atomic E-state index is 13.9. The van der Waals surface area contributed by atoms with Crippen molar-refractivity contribution in [3.05, 3.63) is 137 Å². The molecule has 1 saturated heterocycles. The molecule has 6 rings (SSSR count). The quantitative estimate of drug-likeness (QED) is 0.348. The highest BCUT2D eigenvalue weighted by Gasteiger charge is 2.43. The number of fused-ring (bicyclic) bond motifs is 2. The van der Waals surface area contributed by atoms with E-state index in [0.717, 1.165) is 40.1 Å². The molecule has 2 unspecified atom stereocenters. The number of benzene rings is 3. The summed E-state index contributed by atoms with van der Waals surface area (Å²) in [7, 11) is 1.90. The average molecular weight is 622 g/mol. The summed E-state index contributed by atoms with van der Waals surface area (Å²) in [5.74, 6) is 0.649. The van der Waals surface area contributed by atoms with Gasteiger partial charge in [0.25, 0.3) is 0 Å². The molecule has 0 saturated carbocycles. The summed E-state index contributed by atoms with van der Waals surface area (Å²) in [6, 6.07) is 23.5. The van der Waals surface area contributed by atoms with Crippen molar-refractivity contribution < 1.29 is 19.1 Å². The van der Waals surface area contributed by atoms with Crippen LogP contribution in [0.5, 0.6) is 5.75 Å². The van der Waals surface area contributed by atoms with Gasteiger partial charge in [-0.15, -0.1) is 0 Å². The van der Waals surface area contributed by atoms with Gasteiger partial charge in [0.1, 0.15) is 23.6 Å². The number of hydrogen-bond acceptors (Lipinski definition) is 6. The van der Waals surface area contributed by atoms with Gasteiger partial charge in [-0.25, -0.2) is 9.40 Å². The molecular formula is C37H40FN5O3. The predicted molar refractivity (Wildman–Crippen MR) is 175 cm³/mol. The highest BCUT2D eigenvalue weighted by atomic mass is 19.1. The maximum absolute atomic E-state index is 13.9. The standard InChI is InChI=1S/C37H40FN5O3/c1-26(19-27-13-17-33(45)18-14-27)42-35-23-41(25-44)22-34(29-7-4-3-5-8-29)30-9-6-10-31(20-30)37(43(35)40(2)24-36(42)46)39-21-28-11-15-32(38)16-12-28/h3-9,11-18,20,25-26,34-35,39,45H,10,19,21-24H2,1-2H3/b37-31-/t26?,34?,35-/m0/s1. The van der Waals surface area contributed by atoms with Gasteiger partial charge < -0.3 is 20.2 Å². The fraction of sp³-hybridized carbons (Fsp3) is 0.297. The Balaban J connectivity index is 1.46. The SMILES string of the molecule is CC(Cc1ccc(O)cc1)N1C(=O)CN(C)N2/C(NCc3ccc(F)cc3)=C3\C=C(C=CC3)C(c3ccccc3)CN(C=O)C[C@@H]12. The highest BCUT2D eigenvalue weighted by Crippen LogP contribution is 2.35. The van der Waals surface area contributed by atoms with E-state index in [1.165, 1.54) is 12.1 Å². The summed E-state index contributed by atoms with van der Waals surface area (Å²) < 4.78 is 13.7. The molecule has 3 aliphatic rings. The number of halogens is 1. The number of carbonyl (C=O) groups is 2. The maximum Gasteiger partial charge on any atom is 0.240 e. The van der Waals surface area contributed by atoms with Crippen molar-refractivity contribution in [1.29, 1.82) is 0 Å². The Hall–Kier alpha value is -4.89. The molecular weight excluding hydrogens is 581 g/mol. The minimum absolute atomic E-state index is 0.0276. The Labute approximate surface area is 269 Å². The number of rotatable bonds is 8. The van der Waals surface area contributed by atoms with Crippen LogP contribution >= 0.6 is 0 Å². The second-order valence-electron chi connectivity index (χ2n) is 12.3. The highest BCUT2D eigenvalue weighted by molar-refractivity contribution is 5.79. The van der Waals surface area contributed by atoms with Crippen molar-refractivity contribution in [1.82, 2.24) is 25.1 Å². The molecule has 0 aromatic heterocycles. The molecule has 46 heavy (non-hydrogen) atoms. The molecule has 2 aliphatic heterocycles. The van der Waals surface area contributed by atoms with Crippen LogP contribution in [0.2, 0.25) is 0 Å². The lowest BCUT2D eigenvalue weighted by Crippen LogP contribution is -2.69. The van der Waals surface area contributed by atoms with Crippen molar-refractivity contribution in [3.63, 3.8) is 0 Å². The number of phenolic OH excluding ortho intramolecular Hbond substituents is 1. The van der Waals surface area contributed by atoms with Gasteiger partial charge in [0.05, 0.1) is 13.1 Å². The predicted octanol–water partition coefficient (Wildman–Crippen LogP) is 4.92. The summed E-state index contributed by atoms with van der Waals surface area (Å²) in [6.07, 6.45) is 8.16. The Morgan fingerprint density at radius 2 is 1.72 bits per heavy atom. The van der Waals surface area contributed by atoms with Crippen molar-refractivity contribution in [2.75, 3.05) is 26.7 Å². The Morgan fingerprint density at radius 1 is 1.00 bits per heavy atom. The third-order valence-corrected chi connectivity index (χ3v) is 9.03. The van der Waals surface area contributed by atoms with Crippen LogP contribution in [-0.4, -0.2) is 76.1 Å². The molecule has 238 valence electrons. The van der Waals surface area contributed by atoms with Crippen molar-refractivity contribution in [2.24, 2.45) is 0 Å². The van der Waals surface area contributed by atoms with Gasteiger partial charge >= 0.3 is 0 Å². The third-order valence-electron chi connectivity index (χ3n) is 9.03. The number of amides is 2. The topological polar surface area (TPSA) is 79.4 Å². The first-order valence-corrected chi connectivity index (χ1v) is 15.7. The molecule has 0 radical (unpaired) electrons. The number of hydrazine groups is 1. The van der Waals surface area contributed by atoms with Crippen molar-refractivity contribution >= 4 is 12.3 Å². The summed E-state index contributed by atoms with van der Waals surface area (Å²) >= 11 is 0. The molecule has 1 aliphatic carbocycles. The van der Waals surface area contributed by atoms with Crippen LogP contribution in [0.1, 0.15) is 36.0 Å². The third kappa shape index (κ3) is 6.70. The Bertz CT molecular complexity index is 1640. The number of nitrogens with zero attached hydrogens (tertiary/aromatic N) is 4. The first kappa shape index (κ1) is 31.1. The first-order chi connectivity index (χ1) is 22.3. The van der Waals surface area contributed by atoms with Crippen LogP contribution in [0.15, 0.2) is 114 Å². The zero-order chi connectivity index (χ0) is 32.2. The number of hydrogen-bond donors (Lipinski definition) is 2. The molecule has 3 aromatic carbocycles. The molecule has 0 spiro atoms. The average Bonchev–Trinajstić information content (AvgIpc) is 3.06. The summed E-state index contributed by atoms with van der Waals surface area (Å²) in [5.41, 5.74) is 5.20. The van der Waals surface area contributed by atoms with E-state index in [9.17, 15) is 19.1 Å². The molecule has 8 nitrogen and oxygen atoms in total. The van der Waals surface area contributed by atoms with Crippen LogP contribution < -0.4 is 5.32 Å². The molecule has 2 N–H and O–H groups in total. The fourth-order valence-corrected chi connectivity index (χ4v) is 6.80. The van der Waals surface area contributed by atoms with E-state index >= 15 is 0 Å². The molecule has 2 heterocycles.